The van der Waals surface area contributed by atoms with E-state index < -0.39 is 30.4 Å². The van der Waals surface area contributed by atoms with Crippen LogP contribution in [0.3, 0.4) is 0 Å². The fraction of sp³-hybridized carbons (Fsp3) is 0.471. The number of hydrogen-bond acceptors (Lipinski definition) is 4. The Morgan fingerprint density at radius 2 is 1.68 bits per heavy atom. The number of rotatable bonds is 5. The van der Waals surface area contributed by atoms with Crippen molar-refractivity contribution in [3.05, 3.63) is 30.1 Å². The first kappa shape index (κ1) is 21.6. The number of carbonyl (C=O) groups is 3. The summed E-state index contributed by atoms with van der Waals surface area (Å²) in [6.45, 7) is 0.750. The molecule has 0 saturated carbocycles. The molecular weight excluding hydrogens is 384 g/mol. The molecule has 1 aromatic rings. The van der Waals surface area contributed by atoms with Crippen molar-refractivity contribution in [2.24, 2.45) is 0 Å². The normalized spacial score (nSPS) is 15.6. The van der Waals surface area contributed by atoms with Crippen LogP contribution in [0.25, 0.3) is 0 Å². The van der Waals surface area contributed by atoms with Crippen molar-refractivity contribution in [3.63, 3.8) is 0 Å². The summed E-state index contributed by atoms with van der Waals surface area (Å²) in [5, 5.41) is 4.19. The van der Waals surface area contributed by atoms with Crippen LogP contribution in [0, 0.1) is 5.82 Å². The molecule has 11 heteroatoms. The summed E-state index contributed by atoms with van der Waals surface area (Å²) in [4.78, 5) is 38.0. The summed E-state index contributed by atoms with van der Waals surface area (Å²) in [6, 6.07) is 5.32. The smallest absolute Gasteiger partial charge is 0.340 e. The second kappa shape index (κ2) is 9.49. The van der Waals surface area contributed by atoms with Gasteiger partial charge in [-0.15, -0.1) is 0 Å². The molecule has 0 spiro atoms. The van der Waals surface area contributed by atoms with Crippen LogP contribution in [0.2, 0.25) is 0 Å². The lowest BCUT2D eigenvalue weighted by Crippen LogP contribution is -2.45. The van der Waals surface area contributed by atoms with E-state index in [1.165, 1.54) is 29.2 Å². The third kappa shape index (κ3) is 6.80. The van der Waals surface area contributed by atoms with Crippen LogP contribution in [0.5, 0.6) is 0 Å². The van der Waals surface area contributed by atoms with Gasteiger partial charge in [0, 0.05) is 31.9 Å². The van der Waals surface area contributed by atoms with E-state index in [1.54, 1.807) is 10.2 Å². The molecule has 2 rings (SSSR count). The molecule has 3 amide bonds. The summed E-state index contributed by atoms with van der Waals surface area (Å²) in [6.07, 6.45) is -4.50. The summed E-state index contributed by atoms with van der Waals surface area (Å²) in [7, 11) is 0. The number of nitrogens with one attached hydrogen (secondary N) is 2. The van der Waals surface area contributed by atoms with Gasteiger partial charge in [-0.05, 0) is 30.7 Å². The molecular formula is C17H20F4N4O3. The van der Waals surface area contributed by atoms with E-state index in [2.05, 4.69) is 5.32 Å². The van der Waals surface area contributed by atoms with Crippen molar-refractivity contribution in [1.82, 2.24) is 15.1 Å². The van der Waals surface area contributed by atoms with Crippen molar-refractivity contribution < 1.29 is 31.9 Å². The topological polar surface area (TPSA) is 81.8 Å². The number of nitrogens with zero attached hydrogens (tertiary/aromatic N) is 2. The zero-order valence-corrected chi connectivity index (χ0v) is 14.9. The van der Waals surface area contributed by atoms with E-state index in [0.717, 1.165) is 0 Å². The molecule has 1 saturated heterocycles. The molecule has 154 valence electrons. The van der Waals surface area contributed by atoms with Gasteiger partial charge < -0.3 is 15.5 Å². The maximum Gasteiger partial charge on any atom is 0.471 e. The highest BCUT2D eigenvalue weighted by Gasteiger charge is 2.38. The Bertz CT molecular complexity index is 709. The lowest BCUT2D eigenvalue weighted by Gasteiger charge is -2.22. The maximum absolute atomic E-state index is 12.9. The minimum Gasteiger partial charge on any atom is -0.340 e. The van der Waals surface area contributed by atoms with Gasteiger partial charge in [-0.3, -0.25) is 19.3 Å². The first-order valence-electron chi connectivity index (χ1n) is 8.56. The largest absolute Gasteiger partial charge is 0.471 e. The number of alkyl halides is 3. The van der Waals surface area contributed by atoms with Gasteiger partial charge in [0.2, 0.25) is 11.8 Å². The van der Waals surface area contributed by atoms with Gasteiger partial charge in [0.05, 0.1) is 13.1 Å². The van der Waals surface area contributed by atoms with Gasteiger partial charge in [0.25, 0.3) is 0 Å². The Morgan fingerprint density at radius 1 is 1.00 bits per heavy atom. The quantitative estimate of drug-likeness (QED) is 0.717. The molecule has 0 radical (unpaired) electrons. The lowest BCUT2D eigenvalue weighted by atomic mass is 10.3. The van der Waals surface area contributed by atoms with Gasteiger partial charge in [0.15, 0.2) is 0 Å². The summed E-state index contributed by atoms with van der Waals surface area (Å²) >= 11 is 0. The number of anilines is 1. The van der Waals surface area contributed by atoms with Crippen molar-refractivity contribution >= 4 is 23.4 Å². The predicted octanol–water partition coefficient (Wildman–Crippen LogP) is 0.977. The second-order valence-electron chi connectivity index (χ2n) is 6.25. The Hall–Kier alpha value is -2.69. The zero-order valence-electron chi connectivity index (χ0n) is 14.9. The van der Waals surface area contributed by atoms with Gasteiger partial charge in [-0.25, -0.2) is 4.39 Å². The van der Waals surface area contributed by atoms with Crippen LogP contribution in [0.1, 0.15) is 6.42 Å². The fourth-order valence-electron chi connectivity index (χ4n) is 2.68. The molecule has 28 heavy (non-hydrogen) atoms. The summed E-state index contributed by atoms with van der Waals surface area (Å²) in [5.74, 6) is -3.49. The Balaban J connectivity index is 1.77. The number of halogens is 4. The van der Waals surface area contributed by atoms with E-state index in [0.29, 0.717) is 31.7 Å². The molecule has 1 fully saturated rings. The van der Waals surface area contributed by atoms with Crippen molar-refractivity contribution in [2.45, 2.75) is 12.6 Å². The van der Waals surface area contributed by atoms with E-state index in [9.17, 15) is 31.9 Å². The molecule has 1 aromatic carbocycles. The molecule has 0 unspecified atom stereocenters. The molecule has 0 aromatic heterocycles. The monoisotopic (exact) mass is 404 g/mol. The van der Waals surface area contributed by atoms with E-state index in [-0.39, 0.29) is 19.0 Å². The number of amides is 3. The Kier molecular flexibility index (Phi) is 7.32. The van der Waals surface area contributed by atoms with Crippen LogP contribution in [-0.4, -0.2) is 73.0 Å². The SMILES string of the molecule is O=C(CN1CCCN(C(=O)CNC(=O)C(F)(F)F)CC1)Nc1ccc(F)cc1. The fourth-order valence-corrected chi connectivity index (χ4v) is 2.68. The third-order valence-electron chi connectivity index (χ3n) is 4.09. The number of carbonyl (C=O) groups excluding carboxylic acids is 3. The molecule has 1 aliphatic rings. The molecule has 0 bridgehead atoms. The third-order valence-corrected chi connectivity index (χ3v) is 4.09. The Morgan fingerprint density at radius 3 is 2.32 bits per heavy atom. The van der Waals surface area contributed by atoms with Gasteiger partial charge in [-0.1, -0.05) is 0 Å². The zero-order chi connectivity index (χ0) is 20.7. The van der Waals surface area contributed by atoms with Crippen LogP contribution < -0.4 is 10.6 Å². The number of hydrogen-bond donors (Lipinski definition) is 2. The first-order valence-corrected chi connectivity index (χ1v) is 8.56. The number of benzene rings is 1. The Labute approximate surface area is 158 Å². The molecule has 2 N–H and O–H groups in total. The highest BCUT2D eigenvalue weighted by molar-refractivity contribution is 5.92. The lowest BCUT2D eigenvalue weighted by molar-refractivity contribution is -0.174. The average molecular weight is 404 g/mol. The second-order valence-corrected chi connectivity index (χ2v) is 6.25. The predicted molar refractivity (Wildman–Crippen MR) is 91.7 cm³/mol. The molecule has 7 nitrogen and oxygen atoms in total. The molecule has 0 atom stereocenters. The van der Waals surface area contributed by atoms with Crippen LogP contribution in [0.4, 0.5) is 23.2 Å². The van der Waals surface area contributed by atoms with Crippen LogP contribution in [-0.2, 0) is 14.4 Å². The maximum atomic E-state index is 12.9. The standard InChI is InChI=1S/C17H20F4N4O3/c18-12-2-4-13(5-3-12)23-14(26)11-24-6-1-7-25(9-8-24)15(27)10-22-16(28)17(19,20)21/h2-5H,1,6-11H2,(H,22,28)(H,23,26). The van der Waals surface area contributed by atoms with Crippen molar-refractivity contribution in [2.75, 3.05) is 44.6 Å². The van der Waals surface area contributed by atoms with Crippen molar-refractivity contribution in [1.29, 1.82) is 0 Å². The highest BCUT2D eigenvalue weighted by Crippen LogP contribution is 2.14. The molecule has 1 aliphatic heterocycles. The van der Waals surface area contributed by atoms with E-state index >= 15 is 0 Å². The van der Waals surface area contributed by atoms with Crippen LogP contribution >= 0.6 is 0 Å². The summed E-state index contributed by atoms with van der Waals surface area (Å²) < 4.78 is 49.3. The van der Waals surface area contributed by atoms with E-state index in [1.807, 2.05) is 0 Å². The molecule has 1 heterocycles. The first-order chi connectivity index (χ1) is 13.1. The van der Waals surface area contributed by atoms with Gasteiger partial charge in [-0.2, -0.15) is 13.2 Å². The average Bonchev–Trinajstić information content (AvgIpc) is 2.86. The van der Waals surface area contributed by atoms with Crippen molar-refractivity contribution in [3.8, 4) is 0 Å². The van der Waals surface area contributed by atoms with Gasteiger partial charge in [0.1, 0.15) is 5.82 Å². The van der Waals surface area contributed by atoms with Crippen LogP contribution in [0.15, 0.2) is 24.3 Å². The highest BCUT2D eigenvalue weighted by atomic mass is 19.4. The van der Waals surface area contributed by atoms with E-state index in [4.69, 9.17) is 0 Å². The molecule has 0 aliphatic carbocycles. The minimum atomic E-state index is -5.03. The van der Waals surface area contributed by atoms with Gasteiger partial charge >= 0.3 is 12.1 Å². The summed E-state index contributed by atoms with van der Waals surface area (Å²) in [5.41, 5.74) is 0.457. The minimum absolute atomic E-state index is 0.0597.